The molecule has 0 fully saturated rings. The molecular formula is C9H14N4O. The first-order chi connectivity index (χ1) is 6.63. The van der Waals surface area contributed by atoms with Crippen molar-refractivity contribution in [2.75, 3.05) is 18.9 Å². The van der Waals surface area contributed by atoms with Gasteiger partial charge in [-0.3, -0.25) is 9.78 Å². The van der Waals surface area contributed by atoms with Gasteiger partial charge in [0.2, 0.25) is 5.91 Å². The number of aromatic nitrogens is 2. The molecule has 1 aromatic heterocycles. The molecule has 0 saturated heterocycles. The molecule has 1 amide bonds. The van der Waals surface area contributed by atoms with Crippen LogP contribution >= 0.6 is 0 Å². The van der Waals surface area contributed by atoms with Crippen LogP contribution in [0.3, 0.4) is 0 Å². The third-order valence-corrected chi connectivity index (χ3v) is 1.90. The molecule has 0 atom stereocenters. The number of anilines is 1. The third kappa shape index (κ3) is 2.69. The van der Waals surface area contributed by atoms with Crippen LogP contribution in [0.5, 0.6) is 0 Å². The van der Waals surface area contributed by atoms with Gasteiger partial charge in [0.05, 0.1) is 24.1 Å². The molecule has 1 heterocycles. The van der Waals surface area contributed by atoms with Gasteiger partial charge in [-0.25, -0.2) is 4.98 Å². The van der Waals surface area contributed by atoms with Gasteiger partial charge in [0.25, 0.3) is 0 Å². The zero-order chi connectivity index (χ0) is 10.6. The van der Waals surface area contributed by atoms with E-state index in [1.807, 2.05) is 13.8 Å². The second-order valence-electron chi connectivity index (χ2n) is 2.95. The Bertz CT molecular complexity index is 338. The first-order valence-corrected chi connectivity index (χ1v) is 4.38. The largest absolute Gasteiger partial charge is 0.360 e. The molecule has 0 bridgehead atoms. The van der Waals surface area contributed by atoms with E-state index >= 15 is 0 Å². The highest BCUT2D eigenvalue weighted by atomic mass is 16.1. The zero-order valence-electron chi connectivity index (χ0n) is 8.59. The topological polar surface area (TPSA) is 66.9 Å². The predicted octanol–water partition coefficient (Wildman–Crippen LogP) is 0.251. The minimum Gasteiger partial charge on any atom is -0.360 e. The molecule has 2 N–H and O–H groups in total. The van der Waals surface area contributed by atoms with Crippen molar-refractivity contribution >= 4 is 11.7 Å². The summed E-state index contributed by atoms with van der Waals surface area (Å²) in [4.78, 5) is 19.3. The lowest BCUT2D eigenvalue weighted by atomic mass is 10.3. The van der Waals surface area contributed by atoms with Gasteiger partial charge in [-0.1, -0.05) is 0 Å². The number of hydrogen-bond donors (Lipinski definition) is 2. The third-order valence-electron chi connectivity index (χ3n) is 1.90. The highest BCUT2D eigenvalue weighted by Crippen LogP contribution is 2.04. The Kier molecular flexibility index (Phi) is 3.39. The van der Waals surface area contributed by atoms with Crippen LogP contribution in [0.1, 0.15) is 11.4 Å². The number of carbonyl (C=O) groups excluding carboxylic acids is 1. The number of nitrogens with one attached hydrogen (secondary N) is 2. The van der Waals surface area contributed by atoms with Crippen LogP contribution < -0.4 is 10.6 Å². The molecule has 14 heavy (non-hydrogen) atoms. The molecule has 0 aliphatic heterocycles. The van der Waals surface area contributed by atoms with E-state index in [4.69, 9.17) is 0 Å². The fourth-order valence-corrected chi connectivity index (χ4v) is 0.886. The van der Waals surface area contributed by atoms with Crippen LogP contribution in [-0.2, 0) is 4.79 Å². The highest BCUT2D eigenvalue weighted by Gasteiger charge is 2.01. The van der Waals surface area contributed by atoms with E-state index in [0.29, 0.717) is 5.82 Å². The van der Waals surface area contributed by atoms with E-state index in [1.54, 1.807) is 13.2 Å². The van der Waals surface area contributed by atoms with E-state index in [1.165, 1.54) is 0 Å². The maximum atomic E-state index is 10.9. The summed E-state index contributed by atoms with van der Waals surface area (Å²) in [6, 6.07) is 0. The monoisotopic (exact) mass is 194 g/mol. The van der Waals surface area contributed by atoms with Gasteiger partial charge in [-0.15, -0.1) is 0 Å². The second-order valence-corrected chi connectivity index (χ2v) is 2.95. The van der Waals surface area contributed by atoms with Gasteiger partial charge >= 0.3 is 0 Å². The Morgan fingerprint density at radius 2 is 2.14 bits per heavy atom. The first kappa shape index (κ1) is 10.4. The number of aryl methyl sites for hydroxylation is 2. The van der Waals surface area contributed by atoms with Crippen molar-refractivity contribution in [3.05, 3.63) is 17.6 Å². The maximum absolute atomic E-state index is 10.9. The van der Waals surface area contributed by atoms with Crippen molar-refractivity contribution < 1.29 is 4.79 Å². The lowest BCUT2D eigenvalue weighted by Gasteiger charge is -2.05. The summed E-state index contributed by atoms with van der Waals surface area (Å²) in [5.74, 6) is 0.543. The minimum atomic E-state index is -0.0787. The van der Waals surface area contributed by atoms with E-state index in [9.17, 15) is 4.79 Å². The lowest BCUT2D eigenvalue weighted by molar-refractivity contribution is -0.118. The number of amides is 1. The molecular weight excluding hydrogens is 180 g/mol. The molecule has 1 rings (SSSR count). The number of carbonyl (C=O) groups is 1. The van der Waals surface area contributed by atoms with Crippen LogP contribution in [0.15, 0.2) is 6.20 Å². The molecule has 0 spiro atoms. The molecule has 0 aromatic carbocycles. The zero-order valence-corrected chi connectivity index (χ0v) is 8.59. The van der Waals surface area contributed by atoms with Crippen LogP contribution in [0, 0.1) is 13.8 Å². The lowest BCUT2D eigenvalue weighted by Crippen LogP contribution is -2.26. The first-order valence-electron chi connectivity index (χ1n) is 4.38. The second kappa shape index (κ2) is 4.55. The van der Waals surface area contributed by atoms with Crippen LogP contribution in [0.4, 0.5) is 5.82 Å². The molecule has 0 aliphatic carbocycles. The fourth-order valence-electron chi connectivity index (χ4n) is 0.886. The van der Waals surface area contributed by atoms with Gasteiger partial charge in [-0.2, -0.15) is 0 Å². The summed E-state index contributed by atoms with van der Waals surface area (Å²) in [6.07, 6.45) is 1.62. The van der Waals surface area contributed by atoms with E-state index < -0.39 is 0 Å². The van der Waals surface area contributed by atoms with Gasteiger partial charge < -0.3 is 10.6 Å². The van der Waals surface area contributed by atoms with Gasteiger partial charge in [0.1, 0.15) is 5.82 Å². The average Bonchev–Trinajstić information content (AvgIpc) is 2.19. The Morgan fingerprint density at radius 3 is 2.71 bits per heavy atom. The summed E-state index contributed by atoms with van der Waals surface area (Å²) in [6.45, 7) is 3.99. The number of rotatable bonds is 3. The smallest absolute Gasteiger partial charge is 0.239 e. The van der Waals surface area contributed by atoms with Crippen molar-refractivity contribution in [2.24, 2.45) is 0 Å². The Labute approximate surface area is 83.0 Å². The van der Waals surface area contributed by atoms with Gasteiger partial charge in [0, 0.05) is 7.05 Å². The Morgan fingerprint density at radius 1 is 1.43 bits per heavy atom. The van der Waals surface area contributed by atoms with E-state index in [2.05, 4.69) is 20.6 Å². The average molecular weight is 194 g/mol. The molecule has 5 heteroatoms. The Balaban J connectivity index is 2.60. The maximum Gasteiger partial charge on any atom is 0.239 e. The SMILES string of the molecule is CNC(=O)CNc1cnc(C)c(C)n1. The van der Waals surface area contributed by atoms with Crippen molar-refractivity contribution in [3.8, 4) is 0 Å². The molecule has 76 valence electrons. The normalized spacial score (nSPS) is 9.64. The standard InChI is InChI=1S/C9H14N4O/c1-6-7(2)13-8(4-11-6)12-5-9(14)10-3/h4H,5H2,1-3H3,(H,10,14)(H,12,13). The van der Waals surface area contributed by atoms with Crippen molar-refractivity contribution in [3.63, 3.8) is 0 Å². The number of nitrogens with zero attached hydrogens (tertiary/aromatic N) is 2. The summed E-state index contributed by atoms with van der Waals surface area (Å²) in [5.41, 5.74) is 1.77. The fraction of sp³-hybridized carbons (Fsp3) is 0.444. The molecule has 0 saturated carbocycles. The van der Waals surface area contributed by atoms with Crippen LogP contribution in [0.2, 0.25) is 0 Å². The molecule has 0 aliphatic rings. The molecule has 0 unspecified atom stereocenters. The van der Waals surface area contributed by atoms with Gasteiger partial charge in [0.15, 0.2) is 0 Å². The Hall–Kier alpha value is -1.65. The van der Waals surface area contributed by atoms with Crippen LogP contribution in [0.25, 0.3) is 0 Å². The summed E-state index contributed by atoms with van der Waals surface area (Å²) in [7, 11) is 1.59. The quantitative estimate of drug-likeness (QED) is 0.724. The van der Waals surface area contributed by atoms with E-state index in [0.717, 1.165) is 11.4 Å². The van der Waals surface area contributed by atoms with Crippen molar-refractivity contribution in [1.29, 1.82) is 0 Å². The van der Waals surface area contributed by atoms with E-state index in [-0.39, 0.29) is 12.5 Å². The summed E-state index contributed by atoms with van der Waals surface area (Å²) >= 11 is 0. The molecule has 1 aromatic rings. The minimum absolute atomic E-state index is 0.0787. The highest BCUT2D eigenvalue weighted by molar-refractivity contribution is 5.79. The predicted molar refractivity (Wildman–Crippen MR) is 54.1 cm³/mol. The number of likely N-dealkylation sites (N-methyl/N-ethyl adjacent to an activating group) is 1. The number of hydrogen-bond acceptors (Lipinski definition) is 4. The summed E-state index contributed by atoms with van der Waals surface area (Å²) < 4.78 is 0. The van der Waals surface area contributed by atoms with Crippen molar-refractivity contribution in [2.45, 2.75) is 13.8 Å². The molecule has 0 radical (unpaired) electrons. The van der Waals surface area contributed by atoms with Crippen molar-refractivity contribution in [1.82, 2.24) is 15.3 Å². The molecule has 5 nitrogen and oxygen atoms in total. The summed E-state index contributed by atoms with van der Waals surface area (Å²) in [5, 5.41) is 5.39. The van der Waals surface area contributed by atoms with Crippen LogP contribution in [-0.4, -0.2) is 29.5 Å². The van der Waals surface area contributed by atoms with Gasteiger partial charge in [-0.05, 0) is 13.8 Å².